The zero-order valence-corrected chi connectivity index (χ0v) is 11.4. The topological polar surface area (TPSA) is 72.2 Å². The molecule has 18 heavy (non-hydrogen) atoms. The molecule has 2 unspecified atom stereocenters. The van der Waals surface area contributed by atoms with Crippen LogP contribution in [0.5, 0.6) is 0 Å². The van der Waals surface area contributed by atoms with Crippen molar-refractivity contribution in [2.24, 2.45) is 11.7 Å². The molecule has 0 spiro atoms. The standard InChI is InChI=1S/C11H14ClFN2O2S/c1-6-2-9(6)15-18(16,17)10-4-8(12)3-7(5-14)11(10)13/h3-4,6,9,15H,2,5,14H2,1H3. The van der Waals surface area contributed by atoms with E-state index in [2.05, 4.69) is 4.72 Å². The Morgan fingerprint density at radius 1 is 1.56 bits per heavy atom. The van der Waals surface area contributed by atoms with Gasteiger partial charge < -0.3 is 5.73 Å². The van der Waals surface area contributed by atoms with E-state index in [9.17, 15) is 12.8 Å². The number of nitrogens with two attached hydrogens (primary N) is 1. The number of hydrogen-bond donors (Lipinski definition) is 2. The van der Waals surface area contributed by atoms with Crippen LogP contribution in [-0.4, -0.2) is 14.5 Å². The van der Waals surface area contributed by atoms with Crippen LogP contribution >= 0.6 is 11.6 Å². The molecule has 1 saturated carbocycles. The van der Waals surface area contributed by atoms with Gasteiger partial charge >= 0.3 is 0 Å². The summed E-state index contributed by atoms with van der Waals surface area (Å²) >= 11 is 5.77. The van der Waals surface area contributed by atoms with E-state index >= 15 is 0 Å². The van der Waals surface area contributed by atoms with Gasteiger partial charge in [-0.2, -0.15) is 0 Å². The van der Waals surface area contributed by atoms with E-state index in [0.717, 1.165) is 12.5 Å². The van der Waals surface area contributed by atoms with Gasteiger partial charge in [0.05, 0.1) is 0 Å². The zero-order chi connectivity index (χ0) is 13.5. The monoisotopic (exact) mass is 292 g/mol. The molecule has 3 N–H and O–H groups in total. The van der Waals surface area contributed by atoms with Crippen LogP contribution in [0.1, 0.15) is 18.9 Å². The average molecular weight is 293 g/mol. The van der Waals surface area contributed by atoms with E-state index in [1.54, 1.807) is 0 Å². The predicted octanol–water partition coefficient (Wildman–Crippen LogP) is 1.62. The van der Waals surface area contributed by atoms with Gasteiger partial charge in [0.25, 0.3) is 0 Å². The Kier molecular flexibility index (Phi) is 3.64. The maximum Gasteiger partial charge on any atom is 0.243 e. The fourth-order valence-corrected chi connectivity index (χ4v) is 3.52. The molecule has 0 aromatic heterocycles. The lowest BCUT2D eigenvalue weighted by molar-refractivity contribution is 0.548. The maximum atomic E-state index is 14.0. The molecule has 1 fully saturated rings. The third kappa shape index (κ3) is 2.66. The van der Waals surface area contributed by atoms with Gasteiger partial charge in [-0.3, -0.25) is 0 Å². The molecular weight excluding hydrogens is 279 g/mol. The summed E-state index contributed by atoms with van der Waals surface area (Å²) in [5.74, 6) is -0.543. The minimum Gasteiger partial charge on any atom is -0.326 e. The molecule has 1 aliphatic rings. The molecule has 0 saturated heterocycles. The van der Waals surface area contributed by atoms with Crippen LogP contribution in [-0.2, 0) is 16.6 Å². The van der Waals surface area contributed by atoms with E-state index in [1.807, 2.05) is 6.92 Å². The Balaban J connectivity index is 2.40. The summed E-state index contributed by atoms with van der Waals surface area (Å²) in [4.78, 5) is -0.436. The molecule has 7 heteroatoms. The van der Waals surface area contributed by atoms with E-state index in [0.29, 0.717) is 0 Å². The van der Waals surface area contributed by atoms with Crippen molar-refractivity contribution in [3.8, 4) is 0 Å². The molecule has 2 atom stereocenters. The third-order valence-electron chi connectivity index (χ3n) is 3.00. The van der Waals surface area contributed by atoms with Crippen molar-refractivity contribution >= 4 is 21.6 Å². The number of benzene rings is 1. The van der Waals surface area contributed by atoms with Gasteiger partial charge in [-0.25, -0.2) is 17.5 Å². The van der Waals surface area contributed by atoms with Crippen molar-refractivity contribution in [3.05, 3.63) is 28.5 Å². The summed E-state index contributed by atoms with van der Waals surface area (Å²) in [6.07, 6.45) is 0.769. The van der Waals surface area contributed by atoms with Gasteiger partial charge in [-0.05, 0) is 24.5 Å². The minimum atomic E-state index is -3.88. The molecule has 1 aliphatic carbocycles. The van der Waals surface area contributed by atoms with E-state index in [-0.39, 0.29) is 29.1 Å². The first-order valence-corrected chi connectivity index (χ1v) is 7.41. The number of sulfonamides is 1. The number of nitrogens with one attached hydrogen (secondary N) is 1. The van der Waals surface area contributed by atoms with Gasteiger partial charge in [0.1, 0.15) is 10.7 Å². The van der Waals surface area contributed by atoms with Crippen LogP contribution < -0.4 is 10.5 Å². The second-order valence-corrected chi connectivity index (χ2v) is 6.64. The largest absolute Gasteiger partial charge is 0.326 e. The zero-order valence-electron chi connectivity index (χ0n) is 9.78. The summed E-state index contributed by atoms with van der Waals surface area (Å²) < 4.78 is 40.4. The molecule has 1 aromatic carbocycles. The number of rotatable bonds is 4. The lowest BCUT2D eigenvalue weighted by Crippen LogP contribution is -2.28. The van der Waals surface area contributed by atoms with Crippen molar-refractivity contribution in [1.82, 2.24) is 4.72 Å². The van der Waals surface area contributed by atoms with Gasteiger partial charge in [0.15, 0.2) is 0 Å². The van der Waals surface area contributed by atoms with Crippen LogP contribution in [0.15, 0.2) is 17.0 Å². The first-order valence-electron chi connectivity index (χ1n) is 5.55. The molecule has 0 radical (unpaired) electrons. The van der Waals surface area contributed by atoms with Crippen molar-refractivity contribution in [3.63, 3.8) is 0 Å². The first-order chi connectivity index (χ1) is 8.35. The Bertz CT molecular complexity index is 577. The molecule has 0 amide bonds. The van der Waals surface area contributed by atoms with Crippen molar-refractivity contribution in [2.75, 3.05) is 0 Å². The SMILES string of the molecule is CC1CC1NS(=O)(=O)c1cc(Cl)cc(CN)c1F. The molecule has 1 aromatic rings. The van der Waals surface area contributed by atoms with Crippen molar-refractivity contribution in [2.45, 2.75) is 30.8 Å². The Morgan fingerprint density at radius 2 is 2.17 bits per heavy atom. The van der Waals surface area contributed by atoms with Crippen LogP contribution in [0.25, 0.3) is 0 Å². The van der Waals surface area contributed by atoms with Crippen LogP contribution in [0, 0.1) is 11.7 Å². The summed E-state index contributed by atoms with van der Waals surface area (Å²) in [6.45, 7) is 1.82. The summed E-state index contributed by atoms with van der Waals surface area (Å²) in [5, 5.41) is 0.154. The molecule has 100 valence electrons. The van der Waals surface area contributed by atoms with Crippen LogP contribution in [0.3, 0.4) is 0 Å². The molecule has 0 bridgehead atoms. The molecule has 0 aliphatic heterocycles. The first kappa shape index (κ1) is 13.7. The minimum absolute atomic E-state index is 0.0896. The van der Waals surface area contributed by atoms with Crippen molar-refractivity contribution < 1.29 is 12.8 Å². The quantitative estimate of drug-likeness (QED) is 0.886. The fraction of sp³-hybridized carbons (Fsp3) is 0.455. The number of hydrogen-bond acceptors (Lipinski definition) is 3. The van der Waals surface area contributed by atoms with Crippen molar-refractivity contribution in [1.29, 1.82) is 0 Å². The molecular formula is C11H14ClFN2O2S. The lowest BCUT2D eigenvalue weighted by Gasteiger charge is -2.10. The maximum absolute atomic E-state index is 14.0. The predicted molar refractivity (Wildman–Crippen MR) is 67.2 cm³/mol. The van der Waals surface area contributed by atoms with Gasteiger partial charge in [-0.15, -0.1) is 0 Å². The third-order valence-corrected chi connectivity index (χ3v) is 4.71. The van der Waals surface area contributed by atoms with Gasteiger partial charge in [0.2, 0.25) is 10.0 Å². The van der Waals surface area contributed by atoms with Gasteiger partial charge in [0, 0.05) is 23.2 Å². The molecule has 2 rings (SSSR count). The Hall–Kier alpha value is -0.690. The fourth-order valence-electron chi connectivity index (χ4n) is 1.71. The Morgan fingerprint density at radius 3 is 2.67 bits per heavy atom. The van der Waals surface area contributed by atoms with E-state index in [1.165, 1.54) is 6.07 Å². The van der Waals surface area contributed by atoms with Gasteiger partial charge in [-0.1, -0.05) is 18.5 Å². The second-order valence-electron chi connectivity index (χ2n) is 4.52. The van der Waals surface area contributed by atoms with Crippen LogP contribution in [0.2, 0.25) is 5.02 Å². The lowest BCUT2D eigenvalue weighted by atomic mass is 10.2. The highest BCUT2D eigenvalue weighted by molar-refractivity contribution is 7.89. The summed E-state index contributed by atoms with van der Waals surface area (Å²) in [6, 6.07) is 2.32. The highest BCUT2D eigenvalue weighted by atomic mass is 35.5. The molecule has 4 nitrogen and oxygen atoms in total. The van der Waals surface area contributed by atoms with Crippen LogP contribution in [0.4, 0.5) is 4.39 Å². The number of halogens is 2. The van der Waals surface area contributed by atoms with E-state index < -0.39 is 20.7 Å². The average Bonchev–Trinajstić information content (AvgIpc) is 2.95. The highest BCUT2D eigenvalue weighted by Crippen LogP contribution is 2.32. The summed E-state index contributed by atoms with van der Waals surface area (Å²) in [5.41, 5.74) is 5.44. The molecule has 0 heterocycles. The summed E-state index contributed by atoms with van der Waals surface area (Å²) in [7, 11) is -3.88. The Labute approximate surface area is 110 Å². The second kappa shape index (κ2) is 4.77. The van der Waals surface area contributed by atoms with E-state index in [4.69, 9.17) is 17.3 Å². The normalized spacial score (nSPS) is 23.1. The smallest absolute Gasteiger partial charge is 0.243 e. The highest BCUT2D eigenvalue weighted by Gasteiger charge is 2.37.